The Morgan fingerprint density at radius 1 is 1.05 bits per heavy atom. The summed E-state index contributed by atoms with van der Waals surface area (Å²) in [4.78, 5) is 10.5. The second-order valence-corrected chi connectivity index (χ2v) is 6.33. The van der Waals surface area contributed by atoms with Crippen molar-refractivity contribution in [2.24, 2.45) is 0 Å². The third-order valence-corrected chi connectivity index (χ3v) is 4.35. The van der Waals surface area contributed by atoms with Crippen LogP contribution in [0.15, 0.2) is 53.4 Å². The molecule has 22 heavy (non-hydrogen) atoms. The molecule has 116 valence electrons. The number of nitrogens with one attached hydrogen (secondary N) is 1. The van der Waals surface area contributed by atoms with E-state index in [9.17, 15) is 17.6 Å². The third kappa shape index (κ3) is 4.29. The van der Waals surface area contributed by atoms with E-state index in [1.807, 2.05) is 0 Å². The SMILES string of the molecule is O=C(O)CCc1ccc(NS(=O)(=O)c2ccc(F)cc2)cc1. The lowest BCUT2D eigenvalue weighted by Gasteiger charge is -2.08. The minimum Gasteiger partial charge on any atom is -0.481 e. The molecule has 0 fully saturated rings. The molecule has 0 bridgehead atoms. The number of sulfonamides is 1. The molecule has 5 nitrogen and oxygen atoms in total. The van der Waals surface area contributed by atoms with E-state index in [4.69, 9.17) is 5.11 Å². The van der Waals surface area contributed by atoms with Gasteiger partial charge in [-0.1, -0.05) is 12.1 Å². The van der Waals surface area contributed by atoms with Crippen molar-refractivity contribution < 1.29 is 22.7 Å². The highest BCUT2D eigenvalue weighted by atomic mass is 32.2. The van der Waals surface area contributed by atoms with Crippen molar-refractivity contribution in [1.82, 2.24) is 0 Å². The largest absolute Gasteiger partial charge is 0.481 e. The number of halogens is 1. The number of aliphatic carboxylic acids is 1. The fourth-order valence-electron chi connectivity index (χ4n) is 1.82. The monoisotopic (exact) mass is 323 g/mol. The van der Waals surface area contributed by atoms with Crippen molar-refractivity contribution in [1.29, 1.82) is 0 Å². The van der Waals surface area contributed by atoms with Crippen molar-refractivity contribution in [3.8, 4) is 0 Å². The van der Waals surface area contributed by atoms with Gasteiger partial charge in [-0.15, -0.1) is 0 Å². The number of aryl methyl sites for hydroxylation is 1. The maximum absolute atomic E-state index is 12.8. The molecule has 0 aliphatic rings. The topological polar surface area (TPSA) is 83.5 Å². The molecular weight excluding hydrogens is 309 g/mol. The summed E-state index contributed by atoms with van der Waals surface area (Å²) in [7, 11) is -3.78. The number of benzene rings is 2. The van der Waals surface area contributed by atoms with Gasteiger partial charge in [0.05, 0.1) is 4.90 Å². The fraction of sp³-hybridized carbons (Fsp3) is 0.133. The average molecular weight is 323 g/mol. The summed E-state index contributed by atoms with van der Waals surface area (Å²) < 4.78 is 39.4. The first-order valence-electron chi connectivity index (χ1n) is 6.46. The van der Waals surface area contributed by atoms with Gasteiger partial charge in [0, 0.05) is 12.1 Å². The molecular formula is C15H14FNO4S. The molecule has 0 radical (unpaired) electrons. The van der Waals surface area contributed by atoms with Crippen LogP contribution < -0.4 is 4.72 Å². The van der Waals surface area contributed by atoms with E-state index >= 15 is 0 Å². The van der Waals surface area contributed by atoms with Crippen LogP contribution >= 0.6 is 0 Å². The van der Waals surface area contributed by atoms with Crippen molar-refractivity contribution >= 4 is 21.7 Å². The minimum absolute atomic E-state index is 0.0145. The van der Waals surface area contributed by atoms with Crippen molar-refractivity contribution in [2.75, 3.05) is 4.72 Å². The Balaban J connectivity index is 2.09. The highest BCUT2D eigenvalue weighted by Crippen LogP contribution is 2.17. The van der Waals surface area contributed by atoms with Gasteiger partial charge in [0.2, 0.25) is 0 Å². The molecule has 0 aromatic heterocycles. The molecule has 0 unspecified atom stereocenters. The van der Waals surface area contributed by atoms with Crippen LogP contribution in [0.5, 0.6) is 0 Å². The Morgan fingerprint density at radius 2 is 1.64 bits per heavy atom. The summed E-state index contributed by atoms with van der Waals surface area (Å²) in [5.74, 6) is -1.40. The number of hydrogen-bond donors (Lipinski definition) is 2. The van der Waals surface area contributed by atoms with Gasteiger partial charge in [-0.2, -0.15) is 0 Å². The van der Waals surface area contributed by atoms with E-state index in [0.717, 1.165) is 17.7 Å². The lowest BCUT2D eigenvalue weighted by atomic mass is 10.1. The van der Waals surface area contributed by atoms with Gasteiger partial charge in [0.15, 0.2) is 0 Å². The van der Waals surface area contributed by atoms with Crippen LogP contribution in [-0.4, -0.2) is 19.5 Å². The predicted octanol–water partition coefficient (Wildman–Crippen LogP) is 2.64. The van der Waals surface area contributed by atoms with Crippen molar-refractivity contribution in [3.63, 3.8) is 0 Å². The van der Waals surface area contributed by atoms with E-state index in [2.05, 4.69) is 4.72 Å². The highest BCUT2D eigenvalue weighted by molar-refractivity contribution is 7.92. The van der Waals surface area contributed by atoms with E-state index in [0.29, 0.717) is 12.1 Å². The van der Waals surface area contributed by atoms with Crippen LogP contribution in [-0.2, 0) is 21.2 Å². The second-order valence-electron chi connectivity index (χ2n) is 4.65. The van der Waals surface area contributed by atoms with Gasteiger partial charge in [-0.25, -0.2) is 12.8 Å². The smallest absolute Gasteiger partial charge is 0.303 e. The van der Waals surface area contributed by atoms with Crippen LogP contribution in [0.3, 0.4) is 0 Å². The number of carboxylic acid groups (broad SMARTS) is 1. The minimum atomic E-state index is -3.78. The van der Waals surface area contributed by atoms with Crippen LogP contribution in [0.4, 0.5) is 10.1 Å². The molecule has 2 rings (SSSR count). The Morgan fingerprint density at radius 3 is 2.18 bits per heavy atom. The normalized spacial score (nSPS) is 11.1. The molecule has 0 aliphatic carbocycles. The quantitative estimate of drug-likeness (QED) is 0.856. The Kier molecular flexibility index (Phi) is 4.77. The number of carbonyl (C=O) groups is 1. The number of anilines is 1. The van der Waals surface area contributed by atoms with Crippen LogP contribution in [0.25, 0.3) is 0 Å². The van der Waals surface area contributed by atoms with Gasteiger partial charge in [-0.05, 0) is 48.4 Å². The standard InChI is InChI=1S/C15H14FNO4S/c16-12-4-8-14(9-5-12)22(20,21)17-13-6-1-11(2-7-13)3-10-15(18)19/h1-2,4-9,17H,3,10H2,(H,18,19). The third-order valence-electron chi connectivity index (χ3n) is 2.96. The molecule has 0 heterocycles. The van der Waals surface area contributed by atoms with Gasteiger partial charge >= 0.3 is 5.97 Å². The second kappa shape index (κ2) is 6.57. The summed E-state index contributed by atoms with van der Waals surface area (Å²) in [6.07, 6.45) is 0.390. The number of rotatable bonds is 6. The maximum Gasteiger partial charge on any atom is 0.303 e. The Hall–Kier alpha value is -2.41. The van der Waals surface area contributed by atoms with Gasteiger partial charge in [0.1, 0.15) is 5.82 Å². The first kappa shape index (κ1) is 16.0. The Labute approximate surface area is 127 Å². The van der Waals surface area contributed by atoms with E-state index in [1.165, 1.54) is 12.1 Å². The molecule has 2 aromatic rings. The molecule has 0 saturated heterocycles. The lowest BCUT2D eigenvalue weighted by molar-refractivity contribution is -0.136. The first-order chi connectivity index (χ1) is 10.4. The predicted molar refractivity (Wildman–Crippen MR) is 79.6 cm³/mol. The number of carboxylic acids is 1. The number of hydrogen-bond acceptors (Lipinski definition) is 3. The molecule has 0 spiro atoms. The van der Waals surface area contributed by atoms with Crippen LogP contribution in [0.2, 0.25) is 0 Å². The molecule has 0 atom stereocenters. The summed E-state index contributed by atoms with van der Waals surface area (Å²) >= 11 is 0. The molecule has 7 heteroatoms. The zero-order chi connectivity index (χ0) is 16.2. The van der Waals surface area contributed by atoms with Crippen molar-refractivity contribution in [3.05, 3.63) is 59.9 Å². The summed E-state index contributed by atoms with van der Waals surface area (Å²) in [6.45, 7) is 0. The van der Waals surface area contributed by atoms with E-state index in [1.54, 1.807) is 24.3 Å². The zero-order valence-electron chi connectivity index (χ0n) is 11.5. The fourth-order valence-corrected chi connectivity index (χ4v) is 2.88. The highest BCUT2D eigenvalue weighted by Gasteiger charge is 2.14. The van der Waals surface area contributed by atoms with Crippen LogP contribution in [0.1, 0.15) is 12.0 Å². The van der Waals surface area contributed by atoms with Crippen molar-refractivity contribution in [2.45, 2.75) is 17.7 Å². The molecule has 0 saturated carbocycles. The van der Waals surface area contributed by atoms with E-state index < -0.39 is 21.8 Å². The molecule has 2 N–H and O–H groups in total. The summed E-state index contributed by atoms with van der Waals surface area (Å²) in [6, 6.07) is 10.9. The van der Waals surface area contributed by atoms with Gasteiger partial charge in [-0.3, -0.25) is 9.52 Å². The molecule has 0 aliphatic heterocycles. The van der Waals surface area contributed by atoms with Crippen LogP contribution in [0, 0.1) is 5.82 Å². The lowest BCUT2D eigenvalue weighted by Crippen LogP contribution is -2.12. The molecule has 0 amide bonds. The summed E-state index contributed by atoms with van der Waals surface area (Å²) in [5, 5.41) is 8.61. The average Bonchev–Trinajstić information content (AvgIpc) is 2.46. The Bertz CT molecular complexity index is 755. The zero-order valence-corrected chi connectivity index (χ0v) is 12.3. The summed E-state index contributed by atoms with van der Waals surface area (Å²) in [5.41, 5.74) is 1.15. The van der Waals surface area contributed by atoms with E-state index in [-0.39, 0.29) is 11.3 Å². The van der Waals surface area contributed by atoms with Gasteiger partial charge in [0.25, 0.3) is 10.0 Å². The van der Waals surface area contributed by atoms with Gasteiger partial charge < -0.3 is 5.11 Å². The first-order valence-corrected chi connectivity index (χ1v) is 7.94. The maximum atomic E-state index is 12.8. The molecule has 2 aromatic carbocycles.